The maximum atomic E-state index is 5.97. The Morgan fingerprint density at radius 3 is 2.59 bits per heavy atom. The maximum Gasteiger partial charge on any atom is 0.0408 e. The standard InChI is InChI=1S/C15H24ClN/c1-12(2)10-17-11-13(3)7-8-14-5-4-6-15(16)9-14/h4-6,9,12-13,17H,7-8,10-11H2,1-3H3. The summed E-state index contributed by atoms with van der Waals surface area (Å²) in [6.07, 6.45) is 2.33. The SMILES string of the molecule is CC(C)CNCC(C)CCc1cccc(Cl)c1. The van der Waals surface area contributed by atoms with Gasteiger partial charge in [-0.2, -0.15) is 0 Å². The van der Waals surface area contributed by atoms with Crippen LogP contribution in [0.5, 0.6) is 0 Å². The van der Waals surface area contributed by atoms with Crippen LogP contribution in [-0.2, 0) is 6.42 Å². The van der Waals surface area contributed by atoms with E-state index in [4.69, 9.17) is 11.6 Å². The number of rotatable bonds is 7. The van der Waals surface area contributed by atoms with Gasteiger partial charge >= 0.3 is 0 Å². The lowest BCUT2D eigenvalue weighted by Crippen LogP contribution is -2.25. The van der Waals surface area contributed by atoms with Crippen LogP contribution in [0.15, 0.2) is 24.3 Å². The molecule has 0 aliphatic heterocycles. The van der Waals surface area contributed by atoms with Crippen molar-refractivity contribution in [3.05, 3.63) is 34.9 Å². The number of benzene rings is 1. The molecule has 0 amide bonds. The first-order chi connectivity index (χ1) is 8.08. The van der Waals surface area contributed by atoms with Crippen LogP contribution in [-0.4, -0.2) is 13.1 Å². The van der Waals surface area contributed by atoms with Crippen molar-refractivity contribution in [3.8, 4) is 0 Å². The lowest BCUT2D eigenvalue weighted by atomic mass is 10.0. The summed E-state index contributed by atoms with van der Waals surface area (Å²) in [5.74, 6) is 1.45. The smallest absolute Gasteiger partial charge is 0.0408 e. The number of hydrogen-bond acceptors (Lipinski definition) is 1. The molecule has 1 nitrogen and oxygen atoms in total. The van der Waals surface area contributed by atoms with Gasteiger partial charge in [0.2, 0.25) is 0 Å². The lowest BCUT2D eigenvalue weighted by Gasteiger charge is -2.14. The molecule has 0 aromatic heterocycles. The molecule has 0 aliphatic rings. The molecule has 2 heteroatoms. The molecule has 0 saturated carbocycles. The van der Waals surface area contributed by atoms with Gasteiger partial charge in [-0.05, 0) is 55.5 Å². The van der Waals surface area contributed by atoms with Crippen LogP contribution in [0.4, 0.5) is 0 Å². The number of hydrogen-bond donors (Lipinski definition) is 1. The van der Waals surface area contributed by atoms with Gasteiger partial charge in [-0.25, -0.2) is 0 Å². The Labute approximate surface area is 111 Å². The number of aryl methyl sites for hydroxylation is 1. The minimum absolute atomic E-state index is 0.715. The second-order valence-electron chi connectivity index (χ2n) is 5.33. The maximum absolute atomic E-state index is 5.97. The van der Waals surface area contributed by atoms with E-state index in [0.717, 1.165) is 30.5 Å². The van der Waals surface area contributed by atoms with E-state index in [2.05, 4.69) is 38.2 Å². The molecule has 0 aliphatic carbocycles. The predicted molar refractivity (Wildman–Crippen MR) is 76.6 cm³/mol. The predicted octanol–water partition coefficient (Wildman–Crippen LogP) is 4.15. The summed E-state index contributed by atoms with van der Waals surface area (Å²) in [6, 6.07) is 8.17. The van der Waals surface area contributed by atoms with E-state index in [0.29, 0.717) is 5.92 Å². The minimum atomic E-state index is 0.715. The van der Waals surface area contributed by atoms with Gasteiger partial charge < -0.3 is 5.32 Å². The van der Waals surface area contributed by atoms with Gasteiger partial charge in [-0.1, -0.05) is 44.5 Å². The van der Waals surface area contributed by atoms with E-state index in [1.807, 2.05) is 12.1 Å². The lowest BCUT2D eigenvalue weighted by molar-refractivity contribution is 0.454. The van der Waals surface area contributed by atoms with Gasteiger partial charge in [0, 0.05) is 5.02 Å². The molecular weight excluding hydrogens is 230 g/mol. The van der Waals surface area contributed by atoms with E-state index in [9.17, 15) is 0 Å². The molecule has 1 aromatic rings. The summed E-state index contributed by atoms with van der Waals surface area (Å²) >= 11 is 5.97. The first-order valence-corrected chi connectivity index (χ1v) is 6.91. The van der Waals surface area contributed by atoms with Crippen molar-refractivity contribution in [1.82, 2.24) is 5.32 Å². The van der Waals surface area contributed by atoms with Gasteiger partial charge in [0.15, 0.2) is 0 Å². The zero-order valence-electron chi connectivity index (χ0n) is 11.2. The van der Waals surface area contributed by atoms with E-state index in [-0.39, 0.29) is 0 Å². The first-order valence-electron chi connectivity index (χ1n) is 6.53. The Bertz CT molecular complexity index is 322. The minimum Gasteiger partial charge on any atom is -0.316 e. The van der Waals surface area contributed by atoms with Crippen molar-refractivity contribution in [3.63, 3.8) is 0 Å². The van der Waals surface area contributed by atoms with Crippen LogP contribution in [0.3, 0.4) is 0 Å². The Morgan fingerprint density at radius 1 is 1.18 bits per heavy atom. The molecule has 1 atom stereocenters. The third kappa shape index (κ3) is 6.70. The van der Waals surface area contributed by atoms with Crippen molar-refractivity contribution >= 4 is 11.6 Å². The average Bonchev–Trinajstić information content (AvgIpc) is 2.26. The third-order valence-corrected chi connectivity index (χ3v) is 3.10. The molecule has 0 bridgehead atoms. The molecular formula is C15H24ClN. The normalized spacial score (nSPS) is 13.0. The zero-order chi connectivity index (χ0) is 12.7. The summed E-state index contributed by atoms with van der Waals surface area (Å²) in [4.78, 5) is 0. The Morgan fingerprint density at radius 2 is 1.94 bits per heavy atom. The highest BCUT2D eigenvalue weighted by atomic mass is 35.5. The zero-order valence-corrected chi connectivity index (χ0v) is 11.9. The van der Waals surface area contributed by atoms with Crippen LogP contribution >= 0.6 is 11.6 Å². The highest BCUT2D eigenvalue weighted by molar-refractivity contribution is 6.30. The van der Waals surface area contributed by atoms with E-state index in [1.54, 1.807) is 0 Å². The van der Waals surface area contributed by atoms with Crippen molar-refractivity contribution in [2.75, 3.05) is 13.1 Å². The fraction of sp³-hybridized carbons (Fsp3) is 0.600. The molecule has 96 valence electrons. The number of halogens is 1. The Kier molecular flexibility index (Phi) is 6.61. The molecule has 0 fully saturated rings. The highest BCUT2D eigenvalue weighted by Gasteiger charge is 2.03. The second-order valence-corrected chi connectivity index (χ2v) is 5.76. The van der Waals surface area contributed by atoms with E-state index >= 15 is 0 Å². The van der Waals surface area contributed by atoms with Crippen LogP contribution < -0.4 is 5.32 Å². The molecule has 0 spiro atoms. The monoisotopic (exact) mass is 253 g/mol. The summed E-state index contributed by atoms with van der Waals surface area (Å²) in [5, 5.41) is 4.35. The summed E-state index contributed by atoms with van der Waals surface area (Å²) in [5.41, 5.74) is 1.34. The average molecular weight is 254 g/mol. The quantitative estimate of drug-likeness (QED) is 0.770. The van der Waals surface area contributed by atoms with Gasteiger partial charge in [0.05, 0.1) is 0 Å². The molecule has 0 saturated heterocycles. The molecule has 1 rings (SSSR count). The molecule has 0 heterocycles. The largest absolute Gasteiger partial charge is 0.316 e. The third-order valence-electron chi connectivity index (χ3n) is 2.86. The van der Waals surface area contributed by atoms with E-state index in [1.165, 1.54) is 12.0 Å². The van der Waals surface area contributed by atoms with Crippen LogP contribution in [0, 0.1) is 11.8 Å². The van der Waals surface area contributed by atoms with Crippen molar-refractivity contribution < 1.29 is 0 Å². The second kappa shape index (κ2) is 7.73. The summed E-state index contributed by atoms with van der Waals surface area (Å²) < 4.78 is 0. The van der Waals surface area contributed by atoms with Gasteiger partial charge in [0.25, 0.3) is 0 Å². The molecule has 1 aromatic carbocycles. The fourth-order valence-electron chi connectivity index (χ4n) is 1.83. The van der Waals surface area contributed by atoms with Crippen molar-refractivity contribution in [2.24, 2.45) is 11.8 Å². The number of nitrogens with one attached hydrogen (secondary N) is 1. The fourth-order valence-corrected chi connectivity index (χ4v) is 2.04. The molecule has 1 unspecified atom stereocenters. The molecule has 0 radical (unpaired) electrons. The van der Waals surface area contributed by atoms with Gasteiger partial charge in [-0.3, -0.25) is 0 Å². The van der Waals surface area contributed by atoms with E-state index < -0.39 is 0 Å². The topological polar surface area (TPSA) is 12.0 Å². The first kappa shape index (κ1) is 14.5. The van der Waals surface area contributed by atoms with Crippen LogP contribution in [0.1, 0.15) is 32.8 Å². The Balaban J connectivity index is 2.21. The summed E-state index contributed by atoms with van der Waals surface area (Å²) in [6.45, 7) is 9.01. The summed E-state index contributed by atoms with van der Waals surface area (Å²) in [7, 11) is 0. The van der Waals surface area contributed by atoms with Gasteiger partial charge in [-0.15, -0.1) is 0 Å². The molecule has 17 heavy (non-hydrogen) atoms. The molecule has 1 N–H and O–H groups in total. The van der Waals surface area contributed by atoms with Crippen molar-refractivity contribution in [1.29, 1.82) is 0 Å². The van der Waals surface area contributed by atoms with Gasteiger partial charge in [0.1, 0.15) is 0 Å². The Hall–Kier alpha value is -0.530. The van der Waals surface area contributed by atoms with Crippen LogP contribution in [0.2, 0.25) is 5.02 Å². The highest BCUT2D eigenvalue weighted by Crippen LogP contribution is 2.14. The van der Waals surface area contributed by atoms with Crippen molar-refractivity contribution in [2.45, 2.75) is 33.6 Å². The van der Waals surface area contributed by atoms with Crippen LogP contribution in [0.25, 0.3) is 0 Å².